The zero-order valence-corrected chi connectivity index (χ0v) is 9.29. The fourth-order valence-corrected chi connectivity index (χ4v) is 2.51. The minimum absolute atomic E-state index is 0.126. The largest absolute Gasteiger partial charge is 0.373 e. The van der Waals surface area contributed by atoms with Gasteiger partial charge in [0.1, 0.15) is 0 Å². The van der Waals surface area contributed by atoms with Gasteiger partial charge in [-0.3, -0.25) is 4.79 Å². The Hall–Kier alpha value is -0.610. The van der Waals surface area contributed by atoms with E-state index in [2.05, 4.69) is 10.6 Å². The van der Waals surface area contributed by atoms with Gasteiger partial charge in [-0.1, -0.05) is 0 Å². The molecule has 4 heteroatoms. The number of rotatable bonds is 5. The number of carbonyl (C=O) groups is 1. The number of amides is 1. The predicted octanol–water partition coefficient (Wildman–Crippen LogP) is 0.422. The van der Waals surface area contributed by atoms with E-state index in [1.165, 1.54) is 12.8 Å². The van der Waals surface area contributed by atoms with Gasteiger partial charge in [-0.05, 0) is 32.2 Å². The van der Waals surface area contributed by atoms with Crippen molar-refractivity contribution >= 4 is 5.91 Å². The molecule has 0 aromatic rings. The highest BCUT2D eigenvalue weighted by Crippen LogP contribution is 2.34. The quantitative estimate of drug-likeness (QED) is 0.649. The third kappa shape index (κ3) is 2.69. The van der Waals surface area contributed by atoms with Crippen LogP contribution in [0.1, 0.15) is 32.1 Å². The van der Waals surface area contributed by atoms with Crippen molar-refractivity contribution in [2.24, 2.45) is 0 Å². The molecule has 1 amide bonds. The maximum atomic E-state index is 11.0. The van der Waals surface area contributed by atoms with Gasteiger partial charge in [-0.25, -0.2) is 0 Å². The Bertz CT molecular complexity index is 233. The first-order chi connectivity index (χ1) is 7.29. The molecular weight excluding hydrogens is 192 g/mol. The zero-order chi connectivity index (χ0) is 10.7. The highest BCUT2D eigenvalue weighted by atomic mass is 16.5. The first-order valence-corrected chi connectivity index (χ1v) is 5.89. The Morgan fingerprint density at radius 3 is 2.93 bits per heavy atom. The van der Waals surface area contributed by atoms with Gasteiger partial charge in [-0.2, -0.15) is 0 Å². The van der Waals surface area contributed by atoms with Crippen LogP contribution in [0.3, 0.4) is 0 Å². The number of nitrogens with one attached hydrogen (secondary N) is 2. The zero-order valence-electron chi connectivity index (χ0n) is 9.29. The van der Waals surface area contributed by atoms with Gasteiger partial charge in [0.25, 0.3) is 0 Å². The van der Waals surface area contributed by atoms with Crippen LogP contribution in [0.25, 0.3) is 0 Å². The fourth-order valence-electron chi connectivity index (χ4n) is 2.51. The first kappa shape index (κ1) is 10.9. The molecule has 0 spiro atoms. The summed E-state index contributed by atoms with van der Waals surface area (Å²) in [6.07, 6.45) is 6.07. The van der Waals surface area contributed by atoms with E-state index in [1.807, 2.05) is 0 Å². The van der Waals surface area contributed by atoms with Crippen LogP contribution in [0, 0.1) is 0 Å². The van der Waals surface area contributed by atoms with Gasteiger partial charge in [0.2, 0.25) is 5.91 Å². The second-order valence-electron chi connectivity index (χ2n) is 4.45. The maximum Gasteiger partial charge on any atom is 0.219 e. The smallest absolute Gasteiger partial charge is 0.219 e. The van der Waals surface area contributed by atoms with Crippen molar-refractivity contribution in [1.82, 2.24) is 10.6 Å². The summed E-state index contributed by atoms with van der Waals surface area (Å²) < 4.78 is 5.74. The van der Waals surface area contributed by atoms with E-state index in [0.717, 1.165) is 19.4 Å². The van der Waals surface area contributed by atoms with Gasteiger partial charge in [0, 0.05) is 19.5 Å². The summed E-state index contributed by atoms with van der Waals surface area (Å²) >= 11 is 0. The molecule has 0 aromatic heterocycles. The third-order valence-corrected chi connectivity index (χ3v) is 3.37. The van der Waals surface area contributed by atoms with Crippen LogP contribution in [0.2, 0.25) is 0 Å². The van der Waals surface area contributed by atoms with E-state index in [0.29, 0.717) is 24.7 Å². The predicted molar refractivity (Wildman–Crippen MR) is 57.6 cm³/mol. The average Bonchev–Trinajstić information content (AvgIpc) is 2.85. The van der Waals surface area contributed by atoms with Crippen molar-refractivity contribution in [3.8, 4) is 0 Å². The van der Waals surface area contributed by atoms with Crippen molar-refractivity contribution in [3.63, 3.8) is 0 Å². The summed E-state index contributed by atoms with van der Waals surface area (Å²) in [6, 6.07) is 0.536. The number of fused-ring (bicyclic) bond motifs is 2. The number of hydrogen-bond donors (Lipinski definition) is 2. The van der Waals surface area contributed by atoms with E-state index in [9.17, 15) is 4.79 Å². The molecule has 4 nitrogen and oxygen atoms in total. The Morgan fingerprint density at radius 1 is 1.47 bits per heavy atom. The maximum absolute atomic E-state index is 11.0. The summed E-state index contributed by atoms with van der Waals surface area (Å²) in [5.74, 6) is 0.126. The molecule has 2 bridgehead atoms. The summed E-state index contributed by atoms with van der Waals surface area (Å²) in [6.45, 7) is 0.921. The van der Waals surface area contributed by atoms with Crippen LogP contribution in [-0.2, 0) is 9.53 Å². The highest BCUT2D eigenvalue weighted by Gasteiger charge is 2.40. The lowest BCUT2D eigenvalue weighted by Gasteiger charge is -2.19. The summed E-state index contributed by atoms with van der Waals surface area (Å²) in [5.41, 5.74) is 0. The lowest BCUT2D eigenvalue weighted by atomic mass is 9.95. The van der Waals surface area contributed by atoms with Crippen molar-refractivity contribution in [2.75, 3.05) is 13.6 Å². The van der Waals surface area contributed by atoms with E-state index in [1.54, 1.807) is 7.05 Å². The Balaban J connectivity index is 1.57. The van der Waals surface area contributed by atoms with Gasteiger partial charge in [0.05, 0.1) is 12.2 Å². The van der Waals surface area contributed by atoms with Crippen LogP contribution >= 0.6 is 0 Å². The van der Waals surface area contributed by atoms with Crippen LogP contribution in [0.15, 0.2) is 0 Å². The van der Waals surface area contributed by atoms with Crippen LogP contribution in [0.4, 0.5) is 0 Å². The molecule has 0 saturated carbocycles. The van der Waals surface area contributed by atoms with Gasteiger partial charge in [-0.15, -0.1) is 0 Å². The van der Waals surface area contributed by atoms with Gasteiger partial charge in [0.15, 0.2) is 0 Å². The standard InChI is InChI=1S/C11H20N2O2/c1-12-11(14)3-2-6-13-9-7-8-4-5-10(9)15-8/h8-10,13H,2-7H2,1H3,(H,12,14). The molecule has 0 radical (unpaired) electrons. The monoisotopic (exact) mass is 212 g/mol. The van der Waals surface area contributed by atoms with Crippen LogP contribution in [-0.4, -0.2) is 37.7 Å². The molecule has 2 N–H and O–H groups in total. The van der Waals surface area contributed by atoms with Crippen molar-refractivity contribution in [1.29, 1.82) is 0 Å². The van der Waals surface area contributed by atoms with E-state index in [4.69, 9.17) is 4.74 Å². The summed E-state index contributed by atoms with van der Waals surface area (Å²) in [4.78, 5) is 11.0. The van der Waals surface area contributed by atoms with E-state index < -0.39 is 0 Å². The molecule has 2 heterocycles. The number of hydrogen-bond acceptors (Lipinski definition) is 3. The SMILES string of the molecule is CNC(=O)CCCNC1CC2CCC1O2. The number of carbonyl (C=O) groups excluding carboxylic acids is 1. The Labute approximate surface area is 90.8 Å². The number of ether oxygens (including phenoxy) is 1. The van der Waals surface area contributed by atoms with Gasteiger partial charge >= 0.3 is 0 Å². The van der Waals surface area contributed by atoms with Gasteiger partial charge < -0.3 is 15.4 Å². The van der Waals surface area contributed by atoms with Crippen molar-refractivity contribution < 1.29 is 9.53 Å². The Morgan fingerprint density at radius 2 is 2.33 bits per heavy atom. The molecule has 2 aliphatic heterocycles. The van der Waals surface area contributed by atoms with Crippen LogP contribution < -0.4 is 10.6 Å². The lowest BCUT2D eigenvalue weighted by molar-refractivity contribution is -0.120. The minimum Gasteiger partial charge on any atom is -0.373 e. The van der Waals surface area contributed by atoms with Crippen molar-refractivity contribution in [3.05, 3.63) is 0 Å². The normalized spacial score (nSPS) is 33.3. The molecule has 3 atom stereocenters. The van der Waals surface area contributed by atoms with E-state index >= 15 is 0 Å². The van der Waals surface area contributed by atoms with E-state index in [-0.39, 0.29) is 5.91 Å². The lowest BCUT2D eigenvalue weighted by Crippen LogP contribution is -2.38. The molecule has 3 unspecified atom stereocenters. The molecule has 2 saturated heterocycles. The fraction of sp³-hybridized carbons (Fsp3) is 0.909. The molecule has 2 aliphatic rings. The molecule has 2 rings (SSSR count). The first-order valence-electron chi connectivity index (χ1n) is 5.89. The molecule has 0 aliphatic carbocycles. The Kier molecular flexibility index (Phi) is 3.59. The topological polar surface area (TPSA) is 50.4 Å². The second-order valence-corrected chi connectivity index (χ2v) is 4.45. The molecule has 2 fully saturated rings. The molecule has 15 heavy (non-hydrogen) atoms. The van der Waals surface area contributed by atoms with Crippen LogP contribution in [0.5, 0.6) is 0 Å². The molecule has 0 aromatic carbocycles. The second kappa shape index (κ2) is 4.94. The highest BCUT2D eigenvalue weighted by molar-refractivity contribution is 5.75. The van der Waals surface area contributed by atoms with Crippen molar-refractivity contribution in [2.45, 2.75) is 50.4 Å². The molecular formula is C11H20N2O2. The molecule has 86 valence electrons. The minimum atomic E-state index is 0.126. The summed E-state index contributed by atoms with van der Waals surface area (Å²) in [7, 11) is 1.68. The summed E-state index contributed by atoms with van der Waals surface area (Å²) in [5, 5.41) is 6.12. The average molecular weight is 212 g/mol. The third-order valence-electron chi connectivity index (χ3n) is 3.37.